The van der Waals surface area contributed by atoms with E-state index < -0.39 is 0 Å². The number of hydrogen-bond acceptors (Lipinski definition) is 2. The van der Waals surface area contributed by atoms with Crippen molar-refractivity contribution in [3.05, 3.63) is 32.6 Å². The number of rotatable bonds is 4. The van der Waals surface area contributed by atoms with Gasteiger partial charge in [-0.2, -0.15) is 0 Å². The van der Waals surface area contributed by atoms with Gasteiger partial charge in [0.05, 0.1) is 0 Å². The van der Waals surface area contributed by atoms with Crippen LogP contribution in [0.1, 0.15) is 32.8 Å². The summed E-state index contributed by atoms with van der Waals surface area (Å²) >= 11 is 0. The SMILES string of the molecule is CCCc1c[nH]c(=O)n(CC(C)C)c1=O. The molecule has 0 unspecified atom stereocenters. The Morgan fingerprint density at radius 1 is 1.40 bits per heavy atom. The second kappa shape index (κ2) is 4.96. The van der Waals surface area contributed by atoms with Gasteiger partial charge in [0.1, 0.15) is 0 Å². The Hall–Kier alpha value is -1.32. The highest BCUT2D eigenvalue weighted by molar-refractivity contribution is 5.04. The van der Waals surface area contributed by atoms with Crippen LogP contribution in [-0.4, -0.2) is 9.55 Å². The van der Waals surface area contributed by atoms with E-state index in [2.05, 4.69) is 4.98 Å². The fourth-order valence-electron chi connectivity index (χ4n) is 1.53. The standard InChI is InChI=1S/C11H18N2O2/c1-4-5-9-6-12-11(15)13(10(9)14)7-8(2)3/h6,8H,4-5,7H2,1-3H3,(H,12,15). The van der Waals surface area contributed by atoms with Crippen molar-refractivity contribution in [2.24, 2.45) is 5.92 Å². The largest absolute Gasteiger partial charge is 0.328 e. The first kappa shape index (κ1) is 11.8. The number of nitrogens with one attached hydrogen (secondary N) is 1. The molecule has 1 aromatic rings. The molecule has 0 aliphatic rings. The highest BCUT2D eigenvalue weighted by Gasteiger charge is 2.07. The third-order valence-corrected chi connectivity index (χ3v) is 2.20. The minimum absolute atomic E-state index is 0.144. The molecule has 4 nitrogen and oxygen atoms in total. The topological polar surface area (TPSA) is 54.9 Å². The molecule has 4 heteroatoms. The zero-order chi connectivity index (χ0) is 11.4. The van der Waals surface area contributed by atoms with Crippen molar-refractivity contribution < 1.29 is 0 Å². The third kappa shape index (κ3) is 2.81. The van der Waals surface area contributed by atoms with E-state index in [1.807, 2.05) is 20.8 Å². The van der Waals surface area contributed by atoms with Crippen LogP contribution in [0, 0.1) is 5.92 Å². The maximum atomic E-state index is 11.9. The molecule has 0 saturated heterocycles. The smallest absolute Gasteiger partial charge is 0.314 e. The van der Waals surface area contributed by atoms with E-state index in [-0.39, 0.29) is 11.2 Å². The molecule has 0 aliphatic heterocycles. The summed E-state index contributed by atoms with van der Waals surface area (Å²) in [6.45, 7) is 6.46. The van der Waals surface area contributed by atoms with Gasteiger partial charge in [-0.05, 0) is 12.3 Å². The van der Waals surface area contributed by atoms with Gasteiger partial charge in [0.25, 0.3) is 5.56 Å². The number of nitrogens with zero attached hydrogens (tertiary/aromatic N) is 1. The molecule has 0 atom stereocenters. The van der Waals surface area contributed by atoms with Gasteiger partial charge in [-0.3, -0.25) is 9.36 Å². The quantitative estimate of drug-likeness (QED) is 0.810. The zero-order valence-corrected chi connectivity index (χ0v) is 9.54. The lowest BCUT2D eigenvalue weighted by atomic mass is 10.2. The van der Waals surface area contributed by atoms with Gasteiger partial charge < -0.3 is 4.98 Å². The Bertz CT molecular complexity index is 429. The monoisotopic (exact) mass is 210 g/mol. The van der Waals surface area contributed by atoms with Gasteiger partial charge in [0.2, 0.25) is 0 Å². The number of aromatic nitrogens is 2. The van der Waals surface area contributed by atoms with Gasteiger partial charge in [-0.15, -0.1) is 0 Å². The molecule has 0 aromatic carbocycles. The number of aryl methyl sites for hydroxylation is 1. The molecule has 15 heavy (non-hydrogen) atoms. The molecule has 0 aliphatic carbocycles. The molecule has 1 aromatic heterocycles. The van der Waals surface area contributed by atoms with Crippen molar-refractivity contribution in [3.8, 4) is 0 Å². The van der Waals surface area contributed by atoms with Crippen LogP contribution in [0.15, 0.2) is 15.8 Å². The van der Waals surface area contributed by atoms with Gasteiger partial charge in [-0.1, -0.05) is 27.2 Å². The summed E-state index contributed by atoms with van der Waals surface area (Å²) in [6.07, 6.45) is 3.15. The Kier molecular flexibility index (Phi) is 3.88. The molecular weight excluding hydrogens is 192 g/mol. The summed E-state index contributed by atoms with van der Waals surface area (Å²) in [5.41, 5.74) is 0.237. The molecule has 0 amide bonds. The van der Waals surface area contributed by atoms with Crippen molar-refractivity contribution in [2.75, 3.05) is 0 Å². The van der Waals surface area contributed by atoms with Crippen LogP contribution >= 0.6 is 0 Å². The Labute approximate surface area is 89.0 Å². The second-order valence-electron chi connectivity index (χ2n) is 4.18. The van der Waals surface area contributed by atoms with Crippen LogP contribution in [0.4, 0.5) is 0 Å². The van der Waals surface area contributed by atoms with E-state index >= 15 is 0 Å². The average Bonchev–Trinajstić information content (AvgIpc) is 2.17. The van der Waals surface area contributed by atoms with Crippen molar-refractivity contribution in [2.45, 2.75) is 40.2 Å². The summed E-state index contributed by atoms with van der Waals surface area (Å²) in [6, 6.07) is 0. The van der Waals surface area contributed by atoms with Crippen LogP contribution in [0.2, 0.25) is 0 Å². The summed E-state index contributed by atoms with van der Waals surface area (Å²) in [5.74, 6) is 0.292. The van der Waals surface area contributed by atoms with Crippen molar-refractivity contribution in [3.63, 3.8) is 0 Å². The molecule has 1 N–H and O–H groups in total. The van der Waals surface area contributed by atoms with Gasteiger partial charge in [0.15, 0.2) is 0 Å². The average molecular weight is 210 g/mol. The number of H-pyrrole nitrogens is 1. The molecular formula is C11H18N2O2. The lowest BCUT2D eigenvalue weighted by Crippen LogP contribution is -2.37. The van der Waals surface area contributed by atoms with E-state index in [0.29, 0.717) is 24.4 Å². The van der Waals surface area contributed by atoms with Gasteiger partial charge >= 0.3 is 5.69 Å². The molecule has 1 rings (SSSR count). The van der Waals surface area contributed by atoms with E-state index in [1.54, 1.807) is 0 Å². The first-order valence-electron chi connectivity index (χ1n) is 5.37. The van der Waals surface area contributed by atoms with Crippen molar-refractivity contribution in [1.29, 1.82) is 0 Å². The minimum Gasteiger partial charge on any atom is -0.314 e. The molecule has 0 fully saturated rings. The van der Waals surface area contributed by atoms with E-state index in [1.165, 1.54) is 10.8 Å². The van der Waals surface area contributed by atoms with E-state index in [4.69, 9.17) is 0 Å². The summed E-state index contributed by atoms with van der Waals surface area (Å²) < 4.78 is 1.29. The Morgan fingerprint density at radius 2 is 2.07 bits per heavy atom. The first-order chi connectivity index (χ1) is 7.06. The molecule has 0 radical (unpaired) electrons. The minimum atomic E-state index is -0.312. The van der Waals surface area contributed by atoms with Crippen LogP contribution in [0.25, 0.3) is 0 Å². The number of hydrogen-bond donors (Lipinski definition) is 1. The predicted molar refractivity (Wildman–Crippen MR) is 60.2 cm³/mol. The molecule has 0 spiro atoms. The maximum absolute atomic E-state index is 11.9. The van der Waals surface area contributed by atoms with Crippen LogP contribution in [-0.2, 0) is 13.0 Å². The first-order valence-corrected chi connectivity index (χ1v) is 5.37. The van der Waals surface area contributed by atoms with Crippen molar-refractivity contribution >= 4 is 0 Å². The third-order valence-electron chi connectivity index (χ3n) is 2.20. The highest BCUT2D eigenvalue weighted by Crippen LogP contribution is 1.96. The lowest BCUT2D eigenvalue weighted by molar-refractivity contribution is 0.489. The Balaban J connectivity index is 3.18. The molecule has 1 heterocycles. The summed E-state index contributed by atoms with van der Waals surface area (Å²) in [4.78, 5) is 25.9. The fraction of sp³-hybridized carbons (Fsp3) is 0.636. The maximum Gasteiger partial charge on any atom is 0.328 e. The molecule has 84 valence electrons. The van der Waals surface area contributed by atoms with Gasteiger partial charge in [-0.25, -0.2) is 4.79 Å². The Morgan fingerprint density at radius 3 is 2.60 bits per heavy atom. The number of aromatic amines is 1. The van der Waals surface area contributed by atoms with Crippen LogP contribution in [0.3, 0.4) is 0 Å². The van der Waals surface area contributed by atoms with Crippen molar-refractivity contribution in [1.82, 2.24) is 9.55 Å². The normalized spacial score (nSPS) is 10.9. The molecule has 0 bridgehead atoms. The lowest BCUT2D eigenvalue weighted by Gasteiger charge is -2.08. The highest BCUT2D eigenvalue weighted by atomic mass is 16.2. The molecule has 0 saturated carbocycles. The van der Waals surface area contributed by atoms with E-state index in [0.717, 1.165) is 6.42 Å². The predicted octanol–water partition coefficient (Wildman–Crippen LogP) is 1.15. The second-order valence-corrected chi connectivity index (χ2v) is 4.18. The zero-order valence-electron chi connectivity index (χ0n) is 9.54. The summed E-state index contributed by atoms with van der Waals surface area (Å²) in [5, 5.41) is 0. The van der Waals surface area contributed by atoms with Crippen LogP contribution in [0.5, 0.6) is 0 Å². The fourth-order valence-corrected chi connectivity index (χ4v) is 1.53. The van der Waals surface area contributed by atoms with E-state index in [9.17, 15) is 9.59 Å². The summed E-state index contributed by atoms with van der Waals surface area (Å²) in [7, 11) is 0. The van der Waals surface area contributed by atoms with Crippen LogP contribution < -0.4 is 11.2 Å². The van der Waals surface area contributed by atoms with Gasteiger partial charge in [0, 0.05) is 18.3 Å².